The molecule has 0 saturated carbocycles. The highest BCUT2D eigenvalue weighted by Crippen LogP contribution is 2.20. The minimum Gasteiger partial charge on any atom is -0.324 e. The first-order chi connectivity index (χ1) is 7.81. The van der Waals surface area contributed by atoms with Crippen molar-refractivity contribution >= 4 is 47.3 Å². The normalized spacial score (nSPS) is 9.17. The number of carbonyl (C=O) groups excluding carboxylic acids is 1. The van der Waals surface area contributed by atoms with Crippen LogP contribution in [0.25, 0.3) is 10.9 Å². The fraction of sp³-hybridized carbons (Fsp3) is 0.167. The molecule has 1 amide bonds. The summed E-state index contributed by atoms with van der Waals surface area (Å²) in [7, 11) is 1.74. The van der Waals surface area contributed by atoms with Gasteiger partial charge in [-0.15, -0.1) is 24.8 Å². The van der Waals surface area contributed by atoms with Gasteiger partial charge in [0.05, 0.1) is 17.7 Å². The number of rotatable bonds is 3. The summed E-state index contributed by atoms with van der Waals surface area (Å²) in [6.07, 6.45) is 1.74. The second kappa shape index (κ2) is 7.87. The second-order valence-electron chi connectivity index (χ2n) is 3.45. The Kier molecular flexibility index (Phi) is 7.27. The van der Waals surface area contributed by atoms with Crippen molar-refractivity contribution in [2.45, 2.75) is 0 Å². The van der Waals surface area contributed by atoms with E-state index in [0.717, 1.165) is 16.6 Å². The van der Waals surface area contributed by atoms with Gasteiger partial charge >= 0.3 is 0 Å². The Morgan fingerprint density at radius 1 is 1.22 bits per heavy atom. The van der Waals surface area contributed by atoms with Gasteiger partial charge in [0.25, 0.3) is 0 Å². The third kappa shape index (κ3) is 3.84. The van der Waals surface area contributed by atoms with Crippen LogP contribution in [-0.4, -0.2) is 24.5 Å². The molecule has 0 aliphatic heterocycles. The molecule has 4 nitrogen and oxygen atoms in total. The van der Waals surface area contributed by atoms with E-state index in [1.807, 2.05) is 30.3 Å². The highest BCUT2D eigenvalue weighted by molar-refractivity contribution is 6.01. The molecule has 0 radical (unpaired) electrons. The molecule has 1 heterocycles. The van der Waals surface area contributed by atoms with Crippen molar-refractivity contribution in [1.29, 1.82) is 0 Å². The first-order valence-electron chi connectivity index (χ1n) is 5.09. The van der Waals surface area contributed by atoms with E-state index in [2.05, 4.69) is 15.6 Å². The Hall–Kier alpha value is -1.36. The van der Waals surface area contributed by atoms with Crippen LogP contribution >= 0.6 is 24.8 Å². The van der Waals surface area contributed by atoms with Gasteiger partial charge in [-0.25, -0.2) is 0 Å². The number of fused-ring (bicyclic) bond motifs is 1. The highest BCUT2D eigenvalue weighted by Gasteiger charge is 2.04. The average Bonchev–Trinajstić information content (AvgIpc) is 2.30. The van der Waals surface area contributed by atoms with E-state index in [1.54, 1.807) is 13.2 Å². The number of nitrogens with zero attached hydrogens (tertiary/aromatic N) is 1. The van der Waals surface area contributed by atoms with Crippen LogP contribution in [0.15, 0.2) is 36.5 Å². The molecular formula is C12H15Cl2N3O. The minimum atomic E-state index is -0.0566. The van der Waals surface area contributed by atoms with Crippen LogP contribution in [0.2, 0.25) is 0 Å². The predicted molar refractivity (Wildman–Crippen MR) is 78.8 cm³/mol. The topological polar surface area (TPSA) is 54.0 Å². The summed E-state index contributed by atoms with van der Waals surface area (Å²) >= 11 is 0. The van der Waals surface area contributed by atoms with Gasteiger partial charge in [0.1, 0.15) is 0 Å². The zero-order valence-electron chi connectivity index (χ0n) is 9.84. The molecule has 0 atom stereocenters. The third-order valence-electron chi connectivity index (χ3n) is 2.26. The number of halogens is 2. The van der Waals surface area contributed by atoms with Crippen molar-refractivity contribution in [3.05, 3.63) is 36.5 Å². The predicted octanol–water partition coefficient (Wildman–Crippen LogP) is 2.24. The number of hydrogen-bond donors (Lipinski definition) is 2. The summed E-state index contributed by atoms with van der Waals surface area (Å²) in [5.74, 6) is -0.0566. The molecule has 6 heteroatoms. The van der Waals surface area contributed by atoms with Gasteiger partial charge < -0.3 is 10.6 Å². The number of pyridine rings is 1. The molecule has 0 unspecified atom stereocenters. The van der Waals surface area contributed by atoms with Crippen molar-refractivity contribution < 1.29 is 4.79 Å². The number of likely N-dealkylation sites (N-methyl/N-ethyl adjacent to an activating group) is 1. The van der Waals surface area contributed by atoms with Gasteiger partial charge in [-0.05, 0) is 31.3 Å². The molecule has 0 saturated heterocycles. The third-order valence-corrected chi connectivity index (χ3v) is 2.26. The van der Waals surface area contributed by atoms with E-state index in [0.29, 0.717) is 6.54 Å². The van der Waals surface area contributed by atoms with Crippen LogP contribution in [0.1, 0.15) is 0 Å². The summed E-state index contributed by atoms with van der Waals surface area (Å²) < 4.78 is 0. The largest absolute Gasteiger partial charge is 0.324 e. The van der Waals surface area contributed by atoms with Gasteiger partial charge in [-0.3, -0.25) is 9.78 Å². The molecule has 0 fully saturated rings. The van der Waals surface area contributed by atoms with Crippen LogP contribution in [0.3, 0.4) is 0 Å². The molecule has 98 valence electrons. The molecule has 0 spiro atoms. The maximum Gasteiger partial charge on any atom is 0.238 e. The van der Waals surface area contributed by atoms with Crippen molar-refractivity contribution in [1.82, 2.24) is 10.3 Å². The fourth-order valence-corrected chi connectivity index (χ4v) is 1.57. The summed E-state index contributed by atoms with van der Waals surface area (Å²) in [4.78, 5) is 15.7. The molecule has 1 aromatic carbocycles. The monoisotopic (exact) mass is 287 g/mol. The van der Waals surface area contributed by atoms with Crippen LogP contribution in [0, 0.1) is 0 Å². The lowest BCUT2D eigenvalue weighted by atomic mass is 10.2. The maximum atomic E-state index is 11.5. The van der Waals surface area contributed by atoms with E-state index in [9.17, 15) is 4.79 Å². The average molecular weight is 288 g/mol. The van der Waals surface area contributed by atoms with Crippen LogP contribution < -0.4 is 10.6 Å². The zero-order chi connectivity index (χ0) is 11.4. The molecule has 2 rings (SSSR count). The maximum absolute atomic E-state index is 11.5. The number of benzene rings is 1. The molecular weight excluding hydrogens is 273 g/mol. The van der Waals surface area contributed by atoms with Gasteiger partial charge in [0, 0.05) is 11.6 Å². The van der Waals surface area contributed by atoms with Crippen LogP contribution in [-0.2, 0) is 4.79 Å². The second-order valence-corrected chi connectivity index (χ2v) is 3.45. The van der Waals surface area contributed by atoms with Crippen molar-refractivity contribution in [3.8, 4) is 0 Å². The summed E-state index contributed by atoms with van der Waals surface area (Å²) in [5, 5.41) is 6.61. The quantitative estimate of drug-likeness (QED) is 0.910. The van der Waals surface area contributed by atoms with Crippen molar-refractivity contribution in [2.75, 3.05) is 18.9 Å². The van der Waals surface area contributed by atoms with E-state index in [-0.39, 0.29) is 30.7 Å². The number of carbonyl (C=O) groups is 1. The Bertz CT molecular complexity index is 514. The van der Waals surface area contributed by atoms with E-state index < -0.39 is 0 Å². The first-order valence-corrected chi connectivity index (χ1v) is 5.09. The summed E-state index contributed by atoms with van der Waals surface area (Å²) in [6.45, 7) is 0.302. The molecule has 0 aliphatic carbocycles. The smallest absolute Gasteiger partial charge is 0.238 e. The zero-order valence-corrected chi connectivity index (χ0v) is 11.5. The number of anilines is 1. The molecule has 18 heavy (non-hydrogen) atoms. The van der Waals surface area contributed by atoms with Gasteiger partial charge in [-0.2, -0.15) is 0 Å². The van der Waals surface area contributed by atoms with Gasteiger partial charge in [0.2, 0.25) is 5.91 Å². The lowest BCUT2D eigenvalue weighted by molar-refractivity contribution is -0.115. The van der Waals surface area contributed by atoms with Crippen molar-refractivity contribution in [3.63, 3.8) is 0 Å². The van der Waals surface area contributed by atoms with Crippen molar-refractivity contribution in [2.24, 2.45) is 0 Å². The number of amides is 1. The SMILES string of the molecule is CNCC(=O)Nc1cccc2ncccc12.Cl.Cl. The molecule has 0 bridgehead atoms. The number of nitrogens with one attached hydrogen (secondary N) is 2. The Morgan fingerprint density at radius 3 is 2.72 bits per heavy atom. The highest BCUT2D eigenvalue weighted by atomic mass is 35.5. The molecule has 2 aromatic rings. The van der Waals surface area contributed by atoms with E-state index in [4.69, 9.17) is 0 Å². The first kappa shape index (κ1) is 16.6. The molecule has 2 N–H and O–H groups in total. The Morgan fingerprint density at radius 2 is 2.00 bits per heavy atom. The lowest BCUT2D eigenvalue weighted by Gasteiger charge is -2.07. The standard InChI is InChI=1S/C12H13N3O.2ClH/c1-13-8-12(16)15-11-6-2-5-10-9(11)4-3-7-14-10;;/h2-7,13H,8H2,1H3,(H,15,16);2*1H. The Balaban J connectivity index is 0.00000144. The molecule has 1 aromatic heterocycles. The Labute approximate surface area is 118 Å². The number of aromatic nitrogens is 1. The minimum absolute atomic E-state index is 0. The lowest BCUT2D eigenvalue weighted by Crippen LogP contribution is -2.25. The number of hydrogen-bond acceptors (Lipinski definition) is 3. The van der Waals surface area contributed by atoms with E-state index in [1.165, 1.54) is 0 Å². The van der Waals surface area contributed by atoms with E-state index >= 15 is 0 Å². The summed E-state index contributed by atoms with van der Waals surface area (Å²) in [5.41, 5.74) is 1.68. The van der Waals surface area contributed by atoms with Gasteiger partial charge in [-0.1, -0.05) is 6.07 Å². The molecule has 0 aliphatic rings. The van der Waals surface area contributed by atoms with Crippen LogP contribution in [0.4, 0.5) is 5.69 Å². The summed E-state index contributed by atoms with van der Waals surface area (Å²) in [6, 6.07) is 9.47. The van der Waals surface area contributed by atoms with Crippen LogP contribution in [0.5, 0.6) is 0 Å². The van der Waals surface area contributed by atoms with Gasteiger partial charge in [0.15, 0.2) is 0 Å². The fourth-order valence-electron chi connectivity index (χ4n) is 1.57.